The lowest BCUT2D eigenvalue weighted by atomic mass is 9.99. The highest BCUT2D eigenvalue weighted by Gasteiger charge is 2.31. The van der Waals surface area contributed by atoms with Crippen LogP contribution < -0.4 is 15.4 Å². The lowest BCUT2D eigenvalue weighted by molar-refractivity contribution is -0.173. The van der Waals surface area contributed by atoms with Crippen LogP contribution >= 0.6 is 46.4 Å². The minimum Gasteiger partial charge on any atom is -0.495 e. The van der Waals surface area contributed by atoms with Crippen molar-refractivity contribution in [3.63, 3.8) is 0 Å². The fourth-order valence-corrected chi connectivity index (χ4v) is 5.68. The van der Waals surface area contributed by atoms with Gasteiger partial charge in [-0.05, 0) is 69.4 Å². The molecule has 0 heterocycles. The maximum atomic E-state index is 13.7. The van der Waals surface area contributed by atoms with E-state index in [1.807, 2.05) is 63.3 Å². The zero-order valence-corrected chi connectivity index (χ0v) is 37.0. The Morgan fingerprint density at radius 3 is 2.14 bits per heavy atom. The number of hydrogen-bond donors (Lipinski definition) is 2. The highest BCUT2D eigenvalue weighted by molar-refractivity contribution is 6.67. The third-order valence-corrected chi connectivity index (χ3v) is 8.60. The second-order valence-electron chi connectivity index (χ2n) is 15.1. The van der Waals surface area contributed by atoms with Gasteiger partial charge in [0.05, 0.1) is 18.6 Å². The smallest absolute Gasteiger partial charge is 0.407 e. The maximum Gasteiger partial charge on any atom is 0.407 e. The lowest BCUT2D eigenvalue weighted by Gasteiger charge is -2.25. The predicted molar refractivity (Wildman–Crippen MR) is 226 cm³/mol. The Labute approximate surface area is 361 Å². The Morgan fingerprint density at radius 2 is 1.55 bits per heavy atom. The molecule has 0 fully saturated rings. The van der Waals surface area contributed by atoms with E-state index in [9.17, 15) is 24.0 Å². The predicted octanol–water partition coefficient (Wildman–Crippen LogP) is 8.76. The minimum atomic E-state index is -1.88. The van der Waals surface area contributed by atoms with Crippen molar-refractivity contribution >= 4 is 82.4 Å². The zero-order valence-electron chi connectivity index (χ0n) is 34.0. The number of methoxy groups -OCH3 is 1. The van der Waals surface area contributed by atoms with Crippen LogP contribution in [0.1, 0.15) is 78.9 Å². The topological polar surface area (TPSA) is 156 Å². The van der Waals surface area contributed by atoms with E-state index in [4.69, 9.17) is 70.1 Å². The Balaban J connectivity index is 2.27. The van der Waals surface area contributed by atoms with Gasteiger partial charge in [-0.2, -0.15) is 0 Å². The summed E-state index contributed by atoms with van der Waals surface area (Å²) < 4.78 is 25.4. The van der Waals surface area contributed by atoms with E-state index in [2.05, 4.69) is 10.6 Å². The van der Waals surface area contributed by atoms with E-state index < -0.39 is 70.2 Å². The molecule has 12 nitrogen and oxygen atoms in total. The molecule has 5 atom stereocenters. The molecule has 2 rings (SSSR count). The van der Waals surface area contributed by atoms with Crippen LogP contribution in [-0.4, -0.2) is 77.3 Å². The minimum absolute atomic E-state index is 0.0185. The largest absolute Gasteiger partial charge is 0.495 e. The molecule has 0 aliphatic rings. The van der Waals surface area contributed by atoms with Crippen molar-refractivity contribution < 1.29 is 47.7 Å². The van der Waals surface area contributed by atoms with Gasteiger partial charge in [-0.25, -0.2) is 14.4 Å². The Morgan fingerprint density at radius 1 is 0.879 bits per heavy atom. The fraction of sp³-hybridized carbons (Fsp3) is 0.500. The molecule has 0 saturated heterocycles. The molecule has 0 aliphatic heterocycles. The molecule has 16 heteroatoms. The molecule has 320 valence electrons. The summed E-state index contributed by atoms with van der Waals surface area (Å²) in [5.41, 5.74) is 0.778. The van der Waals surface area contributed by atoms with Gasteiger partial charge in [0.25, 0.3) is 0 Å². The van der Waals surface area contributed by atoms with Crippen molar-refractivity contribution in [1.29, 1.82) is 0 Å². The van der Waals surface area contributed by atoms with Crippen LogP contribution in [0.5, 0.6) is 5.75 Å². The van der Waals surface area contributed by atoms with Crippen LogP contribution in [0.3, 0.4) is 0 Å². The average Bonchev–Trinajstić information content (AvgIpc) is 3.10. The number of hydrogen-bond acceptors (Lipinski definition) is 10. The van der Waals surface area contributed by atoms with Crippen molar-refractivity contribution in [3.05, 3.63) is 82.9 Å². The van der Waals surface area contributed by atoms with Gasteiger partial charge in [0.1, 0.15) is 30.1 Å². The number of carbonyl (C=O) groups is 5. The van der Waals surface area contributed by atoms with Crippen LogP contribution in [-0.2, 0) is 44.5 Å². The number of esters is 3. The van der Waals surface area contributed by atoms with E-state index in [1.165, 1.54) is 19.3 Å². The number of benzene rings is 2. The molecule has 0 unspecified atom stereocenters. The molecule has 2 aromatic carbocycles. The van der Waals surface area contributed by atoms with Gasteiger partial charge < -0.3 is 34.3 Å². The average molecular weight is 889 g/mol. The highest BCUT2D eigenvalue weighted by atomic mass is 35.6. The van der Waals surface area contributed by atoms with Gasteiger partial charge >= 0.3 is 24.0 Å². The number of alkyl halides is 3. The summed E-state index contributed by atoms with van der Waals surface area (Å²) in [6, 6.07) is 12.5. The van der Waals surface area contributed by atoms with Crippen molar-refractivity contribution in [2.75, 3.05) is 13.7 Å². The second-order valence-corrected chi connectivity index (χ2v) is 18.0. The molecular formula is C42H54Cl4N2O10. The summed E-state index contributed by atoms with van der Waals surface area (Å²) in [5.74, 6) is -3.01. The van der Waals surface area contributed by atoms with Crippen LogP contribution in [0, 0.1) is 11.8 Å². The van der Waals surface area contributed by atoms with Gasteiger partial charge in [-0.15, -0.1) is 0 Å². The number of alkyl carbamates (subject to hydrolysis) is 1. The lowest BCUT2D eigenvalue weighted by Crippen LogP contribution is -2.43. The van der Waals surface area contributed by atoms with Crippen LogP contribution in [0.15, 0.2) is 66.8 Å². The number of halogens is 4. The number of nitrogens with one attached hydrogen (secondary N) is 2. The van der Waals surface area contributed by atoms with Crippen LogP contribution in [0.4, 0.5) is 4.79 Å². The molecule has 0 aliphatic carbocycles. The fourth-order valence-electron chi connectivity index (χ4n) is 5.23. The summed E-state index contributed by atoms with van der Waals surface area (Å²) in [7, 11) is 1.46. The van der Waals surface area contributed by atoms with Crippen LogP contribution in [0.2, 0.25) is 5.02 Å². The highest BCUT2D eigenvalue weighted by Crippen LogP contribution is 2.28. The molecular weight excluding hydrogens is 834 g/mol. The summed E-state index contributed by atoms with van der Waals surface area (Å²) in [6.45, 7) is 11.8. The third-order valence-electron chi connectivity index (χ3n) is 7.98. The summed E-state index contributed by atoms with van der Waals surface area (Å²) >= 11 is 23.6. The molecule has 2 amide bonds. The summed E-state index contributed by atoms with van der Waals surface area (Å²) in [5, 5.41) is 5.51. The Kier molecular flexibility index (Phi) is 20.9. The van der Waals surface area contributed by atoms with Crippen molar-refractivity contribution in [3.8, 4) is 5.75 Å². The molecule has 0 saturated carbocycles. The molecule has 0 radical (unpaired) electrons. The standard InChI is InChI=1S/C42H54Cl4N2O10/c1-26(2)21-35(56-37(50)22-28(4)47-40(53)58-41(5,6)7)39(52)57-33(27(3)17-18-29-13-10-9-11-14-29)15-12-16-36(49)48-32(38(51)55-25-42(44,45)46)24-30-19-20-34(54-8)31(43)23-30/h9-14,16-20,23,26-28,32-33,35H,15,21-22,24-25H2,1-8H3,(H,47,53)(H,48,49)/b16-12+,18-17+/t27-,28-,32-,33+,35+/m1/s1. The number of carbonyl (C=O) groups excluding carboxylic acids is 5. The van der Waals surface area contributed by atoms with E-state index in [0.29, 0.717) is 16.3 Å². The Hall–Kier alpha value is -3.97. The van der Waals surface area contributed by atoms with Gasteiger partial charge in [-0.1, -0.05) is 122 Å². The first kappa shape index (κ1) is 50.2. The van der Waals surface area contributed by atoms with Crippen molar-refractivity contribution in [2.45, 2.75) is 108 Å². The number of amides is 2. The maximum absolute atomic E-state index is 13.7. The monoisotopic (exact) mass is 886 g/mol. The van der Waals surface area contributed by atoms with E-state index in [1.54, 1.807) is 45.9 Å². The zero-order chi connectivity index (χ0) is 43.6. The van der Waals surface area contributed by atoms with E-state index in [-0.39, 0.29) is 37.5 Å². The molecule has 0 spiro atoms. The first-order valence-electron chi connectivity index (χ1n) is 18.7. The quantitative estimate of drug-likeness (QED) is 0.0571. The molecule has 58 heavy (non-hydrogen) atoms. The number of rotatable bonds is 20. The Bertz CT molecular complexity index is 1720. The van der Waals surface area contributed by atoms with Gasteiger partial charge in [-0.3, -0.25) is 9.59 Å². The first-order chi connectivity index (χ1) is 27.0. The SMILES string of the molecule is COc1ccc(C[C@@H](NC(=O)/C=C/C[C@H](OC(=O)[C@H](CC(C)C)OC(=O)C[C@@H](C)NC(=O)OC(C)(C)C)[C@H](C)/C=C/c2ccccc2)C(=O)OCC(Cl)(Cl)Cl)cc1Cl. The van der Waals surface area contributed by atoms with Gasteiger partial charge in [0, 0.05) is 24.8 Å². The summed E-state index contributed by atoms with van der Waals surface area (Å²) in [6.07, 6.45) is 3.70. The van der Waals surface area contributed by atoms with E-state index >= 15 is 0 Å². The van der Waals surface area contributed by atoms with Gasteiger partial charge in [0.2, 0.25) is 9.70 Å². The van der Waals surface area contributed by atoms with Crippen LogP contribution in [0.25, 0.3) is 6.08 Å². The van der Waals surface area contributed by atoms with E-state index in [0.717, 1.165) is 5.56 Å². The third kappa shape index (κ3) is 20.6. The van der Waals surface area contributed by atoms with Crippen molar-refractivity contribution in [2.24, 2.45) is 11.8 Å². The second kappa shape index (κ2) is 24.2. The molecule has 2 N–H and O–H groups in total. The van der Waals surface area contributed by atoms with Crippen molar-refractivity contribution in [1.82, 2.24) is 10.6 Å². The summed E-state index contributed by atoms with van der Waals surface area (Å²) in [4.78, 5) is 65.2. The number of ether oxygens (including phenoxy) is 5. The van der Waals surface area contributed by atoms with Gasteiger partial charge in [0.15, 0.2) is 6.10 Å². The first-order valence-corrected chi connectivity index (χ1v) is 20.2. The normalized spacial score (nSPS) is 14.6. The molecule has 2 aromatic rings. The molecule has 0 aromatic heterocycles. The molecule has 0 bridgehead atoms.